The van der Waals surface area contributed by atoms with Crippen LogP contribution < -0.4 is 32.1 Å². The van der Waals surface area contributed by atoms with Gasteiger partial charge in [0.1, 0.15) is 24.7 Å². The number of hydrogen-bond acceptors (Lipinski definition) is 8. The van der Waals surface area contributed by atoms with Gasteiger partial charge in [0.2, 0.25) is 0 Å². The summed E-state index contributed by atoms with van der Waals surface area (Å²) >= 11 is 0. The van der Waals surface area contributed by atoms with E-state index in [1.54, 1.807) is 35.6 Å². The molecule has 4 aromatic heterocycles. The molecule has 0 aliphatic rings. The Labute approximate surface area is 305 Å². The maximum Gasteiger partial charge on any atom is 0.260 e. The first-order chi connectivity index (χ1) is 24.4. The predicted octanol–water partition coefficient (Wildman–Crippen LogP) is 7.07. The van der Waals surface area contributed by atoms with Crippen LogP contribution in [0.15, 0.2) is 70.5 Å². The molecular weight excluding hydrogens is 652 g/mol. The van der Waals surface area contributed by atoms with Crippen molar-refractivity contribution in [3.05, 3.63) is 93.0 Å². The Kier molecular flexibility index (Phi) is 11.1. The van der Waals surface area contributed by atoms with Crippen LogP contribution in [0, 0.1) is 25.7 Å². The van der Waals surface area contributed by atoms with Crippen molar-refractivity contribution >= 4 is 43.4 Å². The minimum Gasteiger partial charge on any atom is -0.492 e. The smallest absolute Gasteiger partial charge is 0.260 e. The SMILES string of the molecule is Cc1nccc2c1c(=O)n(C)c1cc(OC[C@@](C)(N)CC(C)C)ccc21.Cc1nccc2c1c(=O)n(C)c1cc(OC[C@](C)(N)CC(C)C)ccc21. The molecule has 0 bridgehead atoms. The number of nitrogens with zero attached hydrogens (tertiary/aromatic N) is 4. The lowest BCUT2D eigenvalue weighted by atomic mass is 9.93. The highest BCUT2D eigenvalue weighted by Gasteiger charge is 2.23. The molecule has 0 saturated carbocycles. The highest BCUT2D eigenvalue weighted by atomic mass is 16.5. The Bertz CT molecular complexity index is 2210. The van der Waals surface area contributed by atoms with Crippen LogP contribution >= 0.6 is 0 Å². The van der Waals surface area contributed by atoms with Crippen molar-refractivity contribution in [2.75, 3.05) is 13.2 Å². The molecule has 6 aromatic rings. The van der Waals surface area contributed by atoms with Gasteiger partial charge in [-0.05, 0) is 99.5 Å². The molecule has 10 nitrogen and oxygen atoms in total. The minimum absolute atomic E-state index is 0.0429. The number of ether oxygens (including phenoxy) is 2. The Morgan fingerprint density at radius 3 is 1.35 bits per heavy atom. The maximum atomic E-state index is 12.8. The molecular formula is C42H54N6O4. The summed E-state index contributed by atoms with van der Waals surface area (Å²) in [5.41, 5.74) is 15.0. The van der Waals surface area contributed by atoms with E-state index in [0.29, 0.717) is 35.8 Å². The summed E-state index contributed by atoms with van der Waals surface area (Å²) in [6, 6.07) is 15.5. The molecule has 0 spiro atoms. The Hall–Kier alpha value is -4.80. The van der Waals surface area contributed by atoms with Crippen LogP contribution in [-0.4, -0.2) is 43.4 Å². The van der Waals surface area contributed by atoms with E-state index in [4.69, 9.17) is 20.9 Å². The number of benzene rings is 2. The second-order valence-corrected chi connectivity index (χ2v) is 15.8. The number of hydrogen-bond donors (Lipinski definition) is 2. The molecule has 10 heteroatoms. The Morgan fingerprint density at radius 1 is 0.635 bits per heavy atom. The van der Waals surface area contributed by atoms with Crippen LogP contribution in [0.3, 0.4) is 0 Å². The van der Waals surface area contributed by atoms with Crippen molar-refractivity contribution in [1.82, 2.24) is 19.1 Å². The van der Waals surface area contributed by atoms with Crippen molar-refractivity contribution in [3.63, 3.8) is 0 Å². The quantitative estimate of drug-likeness (QED) is 0.144. The third-order valence-electron chi connectivity index (χ3n) is 9.45. The average Bonchev–Trinajstić information content (AvgIpc) is 3.06. The van der Waals surface area contributed by atoms with Gasteiger partial charge < -0.3 is 30.1 Å². The van der Waals surface area contributed by atoms with Gasteiger partial charge in [0.15, 0.2) is 0 Å². The third-order valence-corrected chi connectivity index (χ3v) is 9.45. The molecule has 0 aliphatic carbocycles. The van der Waals surface area contributed by atoms with Gasteiger partial charge in [0, 0.05) is 60.5 Å². The fourth-order valence-electron chi connectivity index (χ4n) is 7.37. The first kappa shape index (κ1) is 38.4. The third kappa shape index (κ3) is 8.29. The van der Waals surface area contributed by atoms with E-state index in [9.17, 15) is 9.59 Å². The number of fused-ring (bicyclic) bond motifs is 6. The second-order valence-electron chi connectivity index (χ2n) is 15.8. The summed E-state index contributed by atoms with van der Waals surface area (Å²) in [7, 11) is 3.57. The molecule has 52 heavy (non-hydrogen) atoms. The lowest BCUT2D eigenvalue weighted by Crippen LogP contribution is -2.43. The highest BCUT2D eigenvalue weighted by Crippen LogP contribution is 2.29. The zero-order valence-corrected chi connectivity index (χ0v) is 32.3. The zero-order chi connectivity index (χ0) is 38.1. The van der Waals surface area contributed by atoms with Gasteiger partial charge in [-0.15, -0.1) is 0 Å². The Balaban J connectivity index is 0.000000201. The van der Waals surface area contributed by atoms with Crippen LogP contribution in [-0.2, 0) is 14.1 Å². The first-order valence-electron chi connectivity index (χ1n) is 18.0. The number of aryl methyl sites for hydroxylation is 4. The minimum atomic E-state index is -0.388. The summed E-state index contributed by atoms with van der Waals surface area (Å²) in [5.74, 6) is 2.46. The van der Waals surface area contributed by atoms with E-state index in [0.717, 1.165) is 68.3 Å². The van der Waals surface area contributed by atoms with E-state index in [1.807, 2.05) is 76.2 Å². The second kappa shape index (κ2) is 15.0. The van der Waals surface area contributed by atoms with Crippen LogP contribution in [0.25, 0.3) is 43.4 Å². The summed E-state index contributed by atoms with van der Waals surface area (Å²) in [6.07, 6.45) is 5.26. The molecule has 6 rings (SSSR count). The van der Waals surface area contributed by atoms with Crippen molar-refractivity contribution in [3.8, 4) is 11.5 Å². The number of pyridine rings is 4. The van der Waals surface area contributed by atoms with Gasteiger partial charge in [-0.3, -0.25) is 19.6 Å². The molecule has 0 radical (unpaired) electrons. The topological polar surface area (TPSA) is 140 Å². The number of rotatable bonds is 10. The molecule has 4 heterocycles. The molecule has 0 amide bonds. The van der Waals surface area contributed by atoms with Crippen molar-refractivity contribution in [2.45, 2.75) is 79.3 Å². The van der Waals surface area contributed by atoms with Gasteiger partial charge in [0.05, 0.1) is 33.2 Å². The lowest BCUT2D eigenvalue weighted by molar-refractivity contribution is 0.207. The van der Waals surface area contributed by atoms with Gasteiger partial charge in [-0.2, -0.15) is 0 Å². The first-order valence-corrected chi connectivity index (χ1v) is 18.0. The highest BCUT2D eigenvalue weighted by molar-refractivity contribution is 6.07. The van der Waals surface area contributed by atoms with Crippen LogP contribution in [0.2, 0.25) is 0 Å². The summed E-state index contributed by atoms with van der Waals surface area (Å²) in [4.78, 5) is 34.1. The molecule has 0 fully saturated rings. The summed E-state index contributed by atoms with van der Waals surface area (Å²) in [6.45, 7) is 17.2. The largest absolute Gasteiger partial charge is 0.492 e. The van der Waals surface area contributed by atoms with Crippen LogP contribution in [0.1, 0.15) is 65.8 Å². The fourth-order valence-corrected chi connectivity index (χ4v) is 7.37. The average molecular weight is 707 g/mol. The number of aromatic nitrogens is 4. The number of nitrogens with two attached hydrogens (primary N) is 2. The van der Waals surface area contributed by atoms with Gasteiger partial charge in [0.25, 0.3) is 11.1 Å². The van der Waals surface area contributed by atoms with Crippen LogP contribution in [0.4, 0.5) is 0 Å². The van der Waals surface area contributed by atoms with E-state index in [-0.39, 0.29) is 22.2 Å². The summed E-state index contributed by atoms with van der Waals surface area (Å²) in [5, 5.41) is 5.21. The molecule has 2 atom stereocenters. The summed E-state index contributed by atoms with van der Waals surface area (Å²) < 4.78 is 15.2. The predicted molar refractivity (Wildman–Crippen MR) is 214 cm³/mol. The van der Waals surface area contributed by atoms with E-state index in [1.165, 1.54) is 0 Å². The van der Waals surface area contributed by atoms with E-state index >= 15 is 0 Å². The van der Waals surface area contributed by atoms with Gasteiger partial charge in [-0.1, -0.05) is 27.7 Å². The van der Waals surface area contributed by atoms with Gasteiger partial charge in [-0.25, -0.2) is 0 Å². The Morgan fingerprint density at radius 2 is 1.00 bits per heavy atom. The van der Waals surface area contributed by atoms with Crippen molar-refractivity contribution < 1.29 is 9.47 Å². The lowest BCUT2D eigenvalue weighted by Gasteiger charge is -2.26. The molecule has 0 aliphatic heterocycles. The maximum absolute atomic E-state index is 12.8. The standard InChI is InChI=1S/2C21H27N3O2/c2*1-13(2)11-21(4,22)12-26-15-6-7-16-17-8-9-23-14(3)19(17)20(25)24(5)18(16)10-15/h2*6-10,13H,11-12,22H2,1-5H3/t2*21-/m10/s1. The normalized spacial score (nSPS) is 14.1. The monoisotopic (exact) mass is 706 g/mol. The molecule has 4 N–H and O–H groups in total. The fraction of sp³-hybridized carbons (Fsp3) is 0.429. The molecule has 0 unspecified atom stereocenters. The van der Waals surface area contributed by atoms with Crippen molar-refractivity contribution in [1.29, 1.82) is 0 Å². The zero-order valence-electron chi connectivity index (χ0n) is 32.3. The molecule has 0 saturated heterocycles. The molecule has 276 valence electrons. The van der Waals surface area contributed by atoms with E-state index in [2.05, 4.69) is 37.7 Å². The van der Waals surface area contributed by atoms with Gasteiger partial charge >= 0.3 is 0 Å². The van der Waals surface area contributed by atoms with E-state index < -0.39 is 0 Å². The molecule has 2 aromatic carbocycles. The van der Waals surface area contributed by atoms with Crippen LogP contribution in [0.5, 0.6) is 11.5 Å². The van der Waals surface area contributed by atoms with Crippen molar-refractivity contribution in [2.24, 2.45) is 37.4 Å².